The smallest absolute Gasteiger partial charge is 0.378 e. The molecule has 0 heterocycles. The van der Waals surface area contributed by atoms with Crippen LogP contribution in [0.5, 0.6) is 0 Å². The van der Waals surface area contributed by atoms with E-state index in [9.17, 15) is 14.7 Å². The highest BCUT2D eigenvalue weighted by Crippen LogP contribution is 2.20. The van der Waals surface area contributed by atoms with Crippen LogP contribution in [0.25, 0.3) is 16.9 Å². The molecule has 0 aromatic heterocycles. The van der Waals surface area contributed by atoms with Crippen molar-refractivity contribution in [1.82, 2.24) is 0 Å². The van der Waals surface area contributed by atoms with Crippen molar-refractivity contribution in [2.24, 2.45) is 0 Å². The number of carbonyl (C=O) groups excluding carboxylic acids is 2. The van der Waals surface area contributed by atoms with Crippen molar-refractivity contribution in [3.05, 3.63) is 66.2 Å². The molecule has 4 nitrogen and oxygen atoms in total. The Balaban J connectivity index is 2.21. The second kappa shape index (κ2) is 6.52. The van der Waals surface area contributed by atoms with Crippen LogP contribution in [-0.4, -0.2) is 18.9 Å². The Kier molecular flexibility index (Phi) is 4.51. The molecule has 0 spiro atoms. The number of hydrogen-bond acceptors (Lipinski definition) is 4. The first-order valence-corrected chi connectivity index (χ1v) is 6.28. The molecule has 0 atom stereocenters. The van der Waals surface area contributed by atoms with Gasteiger partial charge in [-0.15, -0.1) is 0 Å². The molecule has 0 unspecified atom stereocenters. The maximum Gasteiger partial charge on any atom is 0.378 e. The fraction of sp³-hybridized carbons (Fsp3) is 0.0588. The number of rotatable bonds is 4. The van der Waals surface area contributed by atoms with E-state index >= 15 is 0 Å². The summed E-state index contributed by atoms with van der Waals surface area (Å²) in [4.78, 5) is 22.3. The highest BCUT2D eigenvalue weighted by atomic mass is 16.5. The largest absolute Gasteiger partial charge is 0.872 e. The zero-order chi connectivity index (χ0) is 15.2. The van der Waals surface area contributed by atoms with Gasteiger partial charge >= 0.3 is 5.97 Å². The average Bonchev–Trinajstić information content (AvgIpc) is 2.55. The summed E-state index contributed by atoms with van der Waals surface area (Å²) in [6.45, 7) is 0. The number of benzene rings is 2. The van der Waals surface area contributed by atoms with Gasteiger partial charge in [0.15, 0.2) is 0 Å². The van der Waals surface area contributed by atoms with Gasteiger partial charge < -0.3 is 9.84 Å². The van der Waals surface area contributed by atoms with Crippen molar-refractivity contribution < 1.29 is 19.4 Å². The van der Waals surface area contributed by atoms with Gasteiger partial charge in [0.25, 0.3) is 5.78 Å². The van der Waals surface area contributed by atoms with E-state index in [0.29, 0.717) is 5.56 Å². The second-order valence-electron chi connectivity index (χ2n) is 4.31. The van der Waals surface area contributed by atoms with E-state index in [0.717, 1.165) is 24.3 Å². The van der Waals surface area contributed by atoms with E-state index in [-0.39, 0.29) is 0 Å². The van der Waals surface area contributed by atoms with Crippen molar-refractivity contribution in [2.75, 3.05) is 7.11 Å². The number of hydrogen-bond donors (Lipinski definition) is 0. The maximum absolute atomic E-state index is 11.8. The predicted molar refractivity (Wildman–Crippen MR) is 76.9 cm³/mol. The SMILES string of the molecule is COC(=O)C(=O)/C=C(\[O-])c1ccc(-c2ccccc2)cc1. The molecule has 0 saturated carbocycles. The number of methoxy groups -OCH3 is 1. The molecule has 0 saturated heterocycles. The van der Waals surface area contributed by atoms with Gasteiger partial charge in [0.2, 0.25) is 0 Å². The summed E-state index contributed by atoms with van der Waals surface area (Å²) in [5.74, 6) is -2.54. The van der Waals surface area contributed by atoms with Crippen molar-refractivity contribution in [3.8, 4) is 11.1 Å². The minimum atomic E-state index is -1.05. The van der Waals surface area contributed by atoms with Crippen LogP contribution in [0.15, 0.2) is 60.7 Å². The molecule has 2 aromatic rings. The van der Waals surface area contributed by atoms with Crippen LogP contribution < -0.4 is 5.11 Å². The summed E-state index contributed by atoms with van der Waals surface area (Å²) in [7, 11) is 1.09. The van der Waals surface area contributed by atoms with Crippen LogP contribution in [0.4, 0.5) is 0 Å². The first-order chi connectivity index (χ1) is 10.1. The first-order valence-electron chi connectivity index (χ1n) is 6.28. The highest BCUT2D eigenvalue weighted by Gasteiger charge is 2.09. The molecule has 0 aliphatic rings. The van der Waals surface area contributed by atoms with Gasteiger partial charge in [-0.05, 0) is 22.8 Å². The van der Waals surface area contributed by atoms with Crippen LogP contribution in [-0.2, 0) is 14.3 Å². The number of ether oxygens (including phenoxy) is 1. The van der Waals surface area contributed by atoms with Gasteiger partial charge in [-0.2, -0.15) is 0 Å². The summed E-state index contributed by atoms with van der Waals surface area (Å²) in [5.41, 5.74) is 2.34. The third-order valence-corrected chi connectivity index (χ3v) is 2.93. The Morgan fingerprint density at radius 2 is 1.52 bits per heavy atom. The van der Waals surface area contributed by atoms with Crippen LogP contribution in [0.1, 0.15) is 5.56 Å². The van der Waals surface area contributed by atoms with Gasteiger partial charge in [0, 0.05) is 0 Å². The van der Waals surface area contributed by atoms with Crippen molar-refractivity contribution in [2.45, 2.75) is 0 Å². The first kappa shape index (κ1) is 14.5. The Labute approximate surface area is 122 Å². The number of carbonyl (C=O) groups is 2. The van der Waals surface area contributed by atoms with E-state index in [1.807, 2.05) is 30.3 Å². The molecule has 0 radical (unpaired) electrons. The van der Waals surface area contributed by atoms with E-state index in [4.69, 9.17) is 0 Å². The summed E-state index contributed by atoms with van der Waals surface area (Å²) in [6, 6.07) is 16.5. The zero-order valence-electron chi connectivity index (χ0n) is 11.4. The molecule has 106 valence electrons. The molecule has 0 amide bonds. The van der Waals surface area contributed by atoms with Crippen LogP contribution >= 0.6 is 0 Å². The van der Waals surface area contributed by atoms with Crippen LogP contribution in [0.3, 0.4) is 0 Å². The van der Waals surface area contributed by atoms with Crippen molar-refractivity contribution >= 4 is 17.5 Å². The molecule has 0 aliphatic carbocycles. The fourth-order valence-corrected chi connectivity index (χ4v) is 1.82. The molecule has 2 rings (SSSR count). The topological polar surface area (TPSA) is 66.4 Å². The molecular weight excluding hydrogens is 268 g/mol. The molecule has 0 aliphatic heterocycles. The lowest BCUT2D eigenvalue weighted by Crippen LogP contribution is -2.15. The second-order valence-corrected chi connectivity index (χ2v) is 4.31. The standard InChI is InChI=1S/C17H14O4/c1-21-17(20)16(19)11-15(18)14-9-7-13(8-10-14)12-5-3-2-4-6-12/h2-11,18H,1H3/p-1/b15-11-. The lowest BCUT2D eigenvalue weighted by atomic mass is 10.0. The maximum atomic E-state index is 11.8. The molecule has 0 fully saturated rings. The summed E-state index contributed by atoms with van der Waals surface area (Å²) in [5, 5.41) is 11.8. The lowest BCUT2D eigenvalue weighted by Gasteiger charge is -2.12. The zero-order valence-corrected chi connectivity index (χ0v) is 11.4. The molecule has 0 bridgehead atoms. The Bertz CT molecular complexity index is 670. The number of ketones is 1. The van der Waals surface area contributed by atoms with Gasteiger partial charge in [-0.3, -0.25) is 4.79 Å². The summed E-state index contributed by atoms with van der Waals surface area (Å²) < 4.78 is 4.25. The van der Waals surface area contributed by atoms with Gasteiger partial charge in [0.1, 0.15) is 0 Å². The quantitative estimate of drug-likeness (QED) is 0.371. The van der Waals surface area contributed by atoms with E-state index < -0.39 is 17.5 Å². The predicted octanol–water partition coefficient (Wildman–Crippen LogP) is 1.80. The average molecular weight is 281 g/mol. The third-order valence-electron chi connectivity index (χ3n) is 2.93. The number of esters is 1. The summed E-state index contributed by atoms with van der Waals surface area (Å²) >= 11 is 0. The van der Waals surface area contributed by atoms with Crippen LogP contribution in [0.2, 0.25) is 0 Å². The van der Waals surface area contributed by atoms with Crippen molar-refractivity contribution in [1.29, 1.82) is 0 Å². The van der Waals surface area contributed by atoms with Gasteiger partial charge in [-0.1, -0.05) is 60.4 Å². The van der Waals surface area contributed by atoms with Crippen molar-refractivity contribution in [3.63, 3.8) is 0 Å². The summed E-state index contributed by atoms with van der Waals surface area (Å²) in [6.07, 6.45) is 0.739. The molecule has 21 heavy (non-hydrogen) atoms. The molecule has 4 heteroatoms. The van der Waals surface area contributed by atoms with Gasteiger partial charge in [-0.25, -0.2) is 4.79 Å². The van der Waals surface area contributed by atoms with Crippen LogP contribution in [0, 0.1) is 0 Å². The normalized spacial score (nSPS) is 11.0. The van der Waals surface area contributed by atoms with E-state index in [2.05, 4.69) is 4.74 Å². The minimum Gasteiger partial charge on any atom is -0.872 e. The lowest BCUT2D eigenvalue weighted by molar-refractivity contribution is -0.243. The molecular formula is C17H13O4-. The fourth-order valence-electron chi connectivity index (χ4n) is 1.82. The van der Waals surface area contributed by atoms with E-state index in [1.165, 1.54) is 0 Å². The molecule has 0 N–H and O–H groups in total. The monoisotopic (exact) mass is 281 g/mol. The Morgan fingerprint density at radius 3 is 2.10 bits per heavy atom. The van der Waals surface area contributed by atoms with E-state index in [1.54, 1.807) is 24.3 Å². The minimum absolute atomic E-state index is 0.340. The third kappa shape index (κ3) is 3.57. The molecule has 2 aromatic carbocycles. The Morgan fingerprint density at radius 1 is 0.952 bits per heavy atom. The van der Waals surface area contributed by atoms with Gasteiger partial charge in [0.05, 0.1) is 7.11 Å². The Hall–Kier alpha value is -2.88. The highest BCUT2D eigenvalue weighted by molar-refractivity contribution is 6.39.